The van der Waals surface area contributed by atoms with Crippen LogP contribution in [0.15, 0.2) is 24.3 Å². The Bertz CT molecular complexity index is 527. The molecule has 21 heavy (non-hydrogen) atoms. The second-order valence-corrected chi connectivity index (χ2v) is 5.97. The van der Waals surface area contributed by atoms with Gasteiger partial charge in [0.25, 0.3) is 0 Å². The van der Waals surface area contributed by atoms with E-state index in [1.165, 1.54) is 5.56 Å². The maximum absolute atomic E-state index is 12.3. The molecule has 0 spiro atoms. The number of rotatable bonds is 5. The molecule has 4 nitrogen and oxygen atoms in total. The van der Waals surface area contributed by atoms with Gasteiger partial charge in [-0.05, 0) is 36.3 Å². The van der Waals surface area contributed by atoms with Crippen LogP contribution in [0.3, 0.4) is 0 Å². The molecule has 2 rings (SSSR count). The van der Waals surface area contributed by atoms with E-state index >= 15 is 0 Å². The number of nitrogens with one attached hydrogen (secondary N) is 1. The Labute approximate surface area is 125 Å². The minimum Gasteiger partial charge on any atom is -0.481 e. The van der Waals surface area contributed by atoms with E-state index < -0.39 is 17.8 Å². The first kappa shape index (κ1) is 15.5. The molecule has 114 valence electrons. The largest absolute Gasteiger partial charge is 0.481 e. The molecule has 0 aromatic heterocycles. The summed E-state index contributed by atoms with van der Waals surface area (Å²) in [5.41, 5.74) is 2.32. The maximum atomic E-state index is 12.3. The summed E-state index contributed by atoms with van der Waals surface area (Å²) < 4.78 is 0. The predicted molar refractivity (Wildman–Crippen MR) is 80.7 cm³/mol. The number of aryl methyl sites for hydroxylation is 1. The Morgan fingerprint density at radius 2 is 1.81 bits per heavy atom. The molecule has 0 bridgehead atoms. The van der Waals surface area contributed by atoms with E-state index in [9.17, 15) is 14.7 Å². The number of carboxylic acids is 1. The number of carbonyl (C=O) groups is 2. The van der Waals surface area contributed by atoms with Crippen LogP contribution in [0.2, 0.25) is 0 Å². The second kappa shape index (κ2) is 6.74. The highest BCUT2D eigenvalue weighted by Crippen LogP contribution is 2.36. The summed E-state index contributed by atoms with van der Waals surface area (Å²) >= 11 is 0. The Hall–Kier alpha value is -1.84. The van der Waals surface area contributed by atoms with Crippen molar-refractivity contribution in [2.45, 2.75) is 39.7 Å². The number of hydrogen-bond acceptors (Lipinski definition) is 2. The topological polar surface area (TPSA) is 66.4 Å². The summed E-state index contributed by atoms with van der Waals surface area (Å²) in [4.78, 5) is 23.6. The SMILES string of the molecule is CCc1ccccc1CNC(=O)C1CC(C)CC1C(=O)O. The first-order valence-electron chi connectivity index (χ1n) is 7.60. The van der Waals surface area contributed by atoms with Crippen molar-refractivity contribution in [1.82, 2.24) is 5.32 Å². The average molecular weight is 289 g/mol. The van der Waals surface area contributed by atoms with Gasteiger partial charge in [0.2, 0.25) is 5.91 Å². The normalized spacial score (nSPS) is 24.8. The number of amides is 1. The molecule has 1 saturated carbocycles. The zero-order valence-electron chi connectivity index (χ0n) is 12.6. The highest BCUT2D eigenvalue weighted by Gasteiger charge is 2.40. The molecule has 1 aromatic rings. The first-order valence-corrected chi connectivity index (χ1v) is 7.60. The third-order valence-electron chi connectivity index (χ3n) is 4.40. The highest BCUT2D eigenvalue weighted by molar-refractivity contribution is 5.85. The van der Waals surface area contributed by atoms with Gasteiger partial charge in [0, 0.05) is 6.54 Å². The van der Waals surface area contributed by atoms with Crippen LogP contribution in [0, 0.1) is 17.8 Å². The predicted octanol–water partition coefficient (Wildman–Crippen LogP) is 2.61. The lowest BCUT2D eigenvalue weighted by Gasteiger charge is -2.16. The molecule has 1 amide bonds. The molecule has 1 fully saturated rings. The number of carboxylic acid groups (broad SMARTS) is 1. The van der Waals surface area contributed by atoms with Crippen molar-refractivity contribution in [3.05, 3.63) is 35.4 Å². The molecular formula is C17H23NO3. The lowest BCUT2D eigenvalue weighted by molar-refractivity contribution is -0.146. The van der Waals surface area contributed by atoms with E-state index in [1.807, 2.05) is 25.1 Å². The van der Waals surface area contributed by atoms with Crippen LogP contribution in [0.4, 0.5) is 0 Å². The molecule has 0 saturated heterocycles. The van der Waals surface area contributed by atoms with E-state index in [2.05, 4.69) is 18.3 Å². The van der Waals surface area contributed by atoms with Crippen LogP contribution in [-0.2, 0) is 22.6 Å². The van der Waals surface area contributed by atoms with Crippen LogP contribution in [0.1, 0.15) is 37.8 Å². The summed E-state index contributed by atoms with van der Waals surface area (Å²) in [6.07, 6.45) is 2.18. The number of aliphatic carboxylic acids is 1. The van der Waals surface area contributed by atoms with E-state index in [4.69, 9.17) is 0 Å². The van der Waals surface area contributed by atoms with Crippen LogP contribution in [-0.4, -0.2) is 17.0 Å². The molecule has 4 heteroatoms. The molecule has 0 radical (unpaired) electrons. The van der Waals surface area contributed by atoms with Crippen molar-refractivity contribution in [2.75, 3.05) is 0 Å². The van der Waals surface area contributed by atoms with Crippen molar-refractivity contribution < 1.29 is 14.7 Å². The Morgan fingerprint density at radius 1 is 1.19 bits per heavy atom. The Kier molecular flexibility index (Phi) is 4.99. The summed E-state index contributed by atoms with van der Waals surface area (Å²) in [6.45, 7) is 4.56. The monoisotopic (exact) mass is 289 g/mol. The zero-order chi connectivity index (χ0) is 15.4. The van der Waals surface area contributed by atoms with Gasteiger partial charge in [-0.15, -0.1) is 0 Å². The lowest BCUT2D eigenvalue weighted by Crippen LogP contribution is -2.35. The molecule has 2 N–H and O–H groups in total. The second-order valence-electron chi connectivity index (χ2n) is 5.97. The van der Waals surface area contributed by atoms with Gasteiger partial charge in [-0.25, -0.2) is 0 Å². The van der Waals surface area contributed by atoms with Crippen LogP contribution >= 0.6 is 0 Å². The lowest BCUT2D eigenvalue weighted by atomic mass is 9.95. The molecule has 1 aliphatic carbocycles. The fraction of sp³-hybridized carbons (Fsp3) is 0.529. The van der Waals surface area contributed by atoms with E-state index in [1.54, 1.807) is 0 Å². The van der Waals surface area contributed by atoms with Gasteiger partial charge in [0.1, 0.15) is 0 Å². The van der Waals surface area contributed by atoms with Crippen molar-refractivity contribution in [3.8, 4) is 0 Å². The molecule has 0 heterocycles. The van der Waals surface area contributed by atoms with Crippen molar-refractivity contribution in [2.24, 2.45) is 17.8 Å². The molecular weight excluding hydrogens is 266 g/mol. The summed E-state index contributed by atoms with van der Waals surface area (Å²) in [6, 6.07) is 8.01. The quantitative estimate of drug-likeness (QED) is 0.875. The molecule has 3 atom stereocenters. The van der Waals surface area contributed by atoms with Crippen LogP contribution < -0.4 is 5.32 Å². The third kappa shape index (κ3) is 3.63. The molecule has 1 aromatic carbocycles. The number of carbonyl (C=O) groups excluding carboxylic acids is 1. The van der Waals surface area contributed by atoms with E-state index in [-0.39, 0.29) is 5.91 Å². The van der Waals surface area contributed by atoms with E-state index in [0.717, 1.165) is 12.0 Å². The van der Waals surface area contributed by atoms with Gasteiger partial charge in [-0.3, -0.25) is 9.59 Å². The first-order chi connectivity index (χ1) is 10.0. The zero-order valence-corrected chi connectivity index (χ0v) is 12.6. The minimum absolute atomic E-state index is 0.127. The molecule has 1 aliphatic rings. The van der Waals surface area contributed by atoms with Gasteiger partial charge in [-0.2, -0.15) is 0 Å². The van der Waals surface area contributed by atoms with Gasteiger partial charge >= 0.3 is 5.97 Å². The fourth-order valence-corrected chi connectivity index (χ4v) is 3.24. The van der Waals surface area contributed by atoms with Gasteiger partial charge in [-0.1, -0.05) is 38.1 Å². The van der Waals surface area contributed by atoms with Gasteiger partial charge in [0.15, 0.2) is 0 Å². The standard InChI is InChI=1S/C17H23NO3/c1-3-12-6-4-5-7-13(12)10-18-16(19)14-8-11(2)9-15(14)17(20)21/h4-7,11,14-15H,3,8-10H2,1-2H3,(H,18,19)(H,20,21). The Morgan fingerprint density at radius 3 is 2.43 bits per heavy atom. The smallest absolute Gasteiger partial charge is 0.307 e. The van der Waals surface area contributed by atoms with Crippen molar-refractivity contribution in [1.29, 1.82) is 0 Å². The van der Waals surface area contributed by atoms with Gasteiger partial charge < -0.3 is 10.4 Å². The van der Waals surface area contributed by atoms with Gasteiger partial charge in [0.05, 0.1) is 11.8 Å². The molecule has 0 aliphatic heterocycles. The van der Waals surface area contributed by atoms with Crippen LogP contribution in [0.5, 0.6) is 0 Å². The highest BCUT2D eigenvalue weighted by atomic mass is 16.4. The van der Waals surface area contributed by atoms with Crippen LogP contribution in [0.25, 0.3) is 0 Å². The summed E-state index contributed by atoms with van der Waals surface area (Å²) in [7, 11) is 0. The van der Waals surface area contributed by atoms with E-state index in [0.29, 0.717) is 25.3 Å². The maximum Gasteiger partial charge on any atom is 0.307 e. The number of hydrogen-bond donors (Lipinski definition) is 2. The van der Waals surface area contributed by atoms with Crippen molar-refractivity contribution >= 4 is 11.9 Å². The van der Waals surface area contributed by atoms with Crippen molar-refractivity contribution in [3.63, 3.8) is 0 Å². The Balaban J connectivity index is 2.00. The third-order valence-corrected chi connectivity index (χ3v) is 4.40. The summed E-state index contributed by atoms with van der Waals surface area (Å²) in [5, 5.41) is 12.2. The minimum atomic E-state index is -0.853. The fourth-order valence-electron chi connectivity index (χ4n) is 3.24. The summed E-state index contributed by atoms with van der Waals surface area (Å²) in [5.74, 6) is -1.62. The number of benzene rings is 1. The average Bonchev–Trinajstić information content (AvgIpc) is 2.87. The molecule has 3 unspecified atom stereocenters.